The number of nitro benzene ring substituents is 1. The minimum Gasteiger partial charge on any atom is -0.790 e. The number of hydrogen-bond donors (Lipinski definition) is 1. The molecule has 1 atom stereocenters. The summed E-state index contributed by atoms with van der Waals surface area (Å²) in [6.07, 6.45) is -1.86. The van der Waals surface area contributed by atoms with Gasteiger partial charge in [0.05, 0.1) is 44.7 Å². The van der Waals surface area contributed by atoms with Gasteiger partial charge >= 0.3 is 59.1 Å². The molecule has 0 aliphatic carbocycles. The maximum Gasteiger partial charge on any atom is 1.00 e. The summed E-state index contributed by atoms with van der Waals surface area (Å²) in [5, 5.41) is 21.4. The van der Waals surface area contributed by atoms with Crippen LogP contribution in [0.3, 0.4) is 0 Å². The Kier molecular flexibility index (Phi) is 12.0. The van der Waals surface area contributed by atoms with Crippen LogP contribution in [0.5, 0.6) is 17.2 Å². The Labute approximate surface area is 211 Å². The van der Waals surface area contributed by atoms with Crippen molar-refractivity contribution in [3.05, 3.63) is 57.6 Å². The molecule has 2 rings (SSSR count). The number of hydrogen-bond acceptors (Lipinski definition) is 9. The van der Waals surface area contributed by atoms with Gasteiger partial charge in [0.25, 0.3) is 5.69 Å². The maximum absolute atomic E-state index is 11.5. The summed E-state index contributed by atoms with van der Waals surface area (Å²) in [5.74, 6) is -0.0573. The zero-order chi connectivity index (χ0) is 20.2. The first-order chi connectivity index (χ1) is 12.7. The van der Waals surface area contributed by atoms with Crippen LogP contribution in [-0.4, -0.2) is 24.2 Å². The van der Waals surface area contributed by atoms with Crippen LogP contribution in [0.2, 0.25) is 0 Å². The monoisotopic (exact) mass is 443 g/mol. The Morgan fingerprint density at radius 3 is 2.14 bits per heavy atom. The standard InChI is InChI=1S/C16H18NO9P.2Na/c1-24-15-8-11(12(17(19)20)9-16(15)25-2)14(26-27(21,22)23)7-10-5-3-4-6-13(10)18;;/h3-6,8-9,14,18H,7H2,1-2H3,(H2,21,22,23);;/q;2*+1/p-2. The molecule has 0 saturated carbocycles. The average Bonchev–Trinajstić information content (AvgIpc) is 2.60. The van der Waals surface area contributed by atoms with E-state index in [9.17, 15) is 29.6 Å². The van der Waals surface area contributed by atoms with Gasteiger partial charge < -0.3 is 33.5 Å². The summed E-state index contributed by atoms with van der Waals surface area (Å²) in [6.45, 7) is 0. The molecule has 0 amide bonds. The molecule has 0 aliphatic heterocycles. The van der Waals surface area contributed by atoms with Crippen molar-refractivity contribution in [2.75, 3.05) is 14.2 Å². The van der Waals surface area contributed by atoms with E-state index in [0.29, 0.717) is 0 Å². The second-order valence-electron chi connectivity index (χ2n) is 5.40. The minimum atomic E-state index is -5.51. The van der Waals surface area contributed by atoms with Gasteiger partial charge in [-0.2, -0.15) is 0 Å². The average molecular weight is 443 g/mol. The quantitative estimate of drug-likeness (QED) is 0.184. The van der Waals surface area contributed by atoms with Gasteiger partial charge in [-0.3, -0.25) is 10.1 Å². The van der Waals surface area contributed by atoms with E-state index in [0.717, 1.165) is 12.1 Å². The molecule has 2 aromatic rings. The molecular weight excluding hydrogens is 427 g/mol. The number of nitrogens with zero attached hydrogens (tertiary/aromatic N) is 1. The first-order valence-electron chi connectivity index (χ1n) is 7.54. The van der Waals surface area contributed by atoms with Crippen LogP contribution in [0.4, 0.5) is 5.69 Å². The van der Waals surface area contributed by atoms with Gasteiger partial charge in [-0.05, 0) is 17.7 Å². The van der Waals surface area contributed by atoms with Gasteiger partial charge in [0.1, 0.15) is 5.75 Å². The van der Waals surface area contributed by atoms with Crippen molar-refractivity contribution in [3.63, 3.8) is 0 Å². The van der Waals surface area contributed by atoms with E-state index in [2.05, 4.69) is 4.52 Å². The van der Waals surface area contributed by atoms with Gasteiger partial charge in [0, 0.05) is 6.42 Å². The summed E-state index contributed by atoms with van der Waals surface area (Å²) in [7, 11) is -2.94. The van der Waals surface area contributed by atoms with Gasteiger partial charge in [0.2, 0.25) is 0 Å². The number of aromatic hydroxyl groups is 1. The molecule has 0 saturated heterocycles. The minimum absolute atomic E-state index is 0. The van der Waals surface area contributed by atoms with Crippen molar-refractivity contribution in [2.24, 2.45) is 0 Å². The van der Waals surface area contributed by atoms with Crippen molar-refractivity contribution in [2.45, 2.75) is 12.5 Å². The molecule has 1 unspecified atom stereocenters. The van der Waals surface area contributed by atoms with Crippen LogP contribution in [0, 0.1) is 10.1 Å². The Bertz CT molecular complexity index is 891. The van der Waals surface area contributed by atoms with E-state index in [1.165, 1.54) is 26.4 Å². The normalized spacial score (nSPS) is 11.6. The second kappa shape index (κ2) is 12.3. The molecule has 0 bridgehead atoms. The summed E-state index contributed by atoms with van der Waals surface area (Å²) in [4.78, 5) is 33.1. The van der Waals surface area contributed by atoms with Crippen molar-refractivity contribution in [1.29, 1.82) is 0 Å². The first kappa shape index (κ1) is 28.4. The van der Waals surface area contributed by atoms with Crippen molar-refractivity contribution in [1.82, 2.24) is 0 Å². The number of phenolic OH excluding ortho intramolecular Hbond substituents is 1. The molecule has 0 aromatic heterocycles. The van der Waals surface area contributed by atoms with Crippen molar-refractivity contribution >= 4 is 13.5 Å². The summed E-state index contributed by atoms with van der Waals surface area (Å²) in [5.41, 5.74) is -0.505. The SMILES string of the molecule is COc1cc(C(Cc2ccccc2O)OP(=O)([O-])[O-])c([N+](=O)[O-])cc1OC.[Na+].[Na+]. The van der Waals surface area contributed by atoms with E-state index in [4.69, 9.17) is 9.47 Å². The van der Waals surface area contributed by atoms with E-state index in [1.807, 2.05) is 0 Å². The molecule has 0 aliphatic rings. The van der Waals surface area contributed by atoms with Gasteiger partial charge in [0.15, 0.2) is 11.5 Å². The molecule has 0 heterocycles. The summed E-state index contributed by atoms with van der Waals surface area (Å²) < 4.78 is 25.9. The molecule has 0 radical (unpaired) electrons. The second-order valence-corrected chi connectivity index (χ2v) is 6.50. The number of phosphoric acid groups is 1. The summed E-state index contributed by atoms with van der Waals surface area (Å²) in [6, 6.07) is 8.14. The Balaban J connectivity index is 0.00000392. The zero-order valence-corrected chi connectivity index (χ0v) is 21.3. The van der Waals surface area contributed by atoms with Crippen molar-refractivity contribution in [3.8, 4) is 17.2 Å². The van der Waals surface area contributed by atoms with E-state index in [1.54, 1.807) is 12.1 Å². The predicted molar refractivity (Wildman–Crippen MR) is 89.4 cm³/mol. The molecule has 13 heteroatoms. The smallest absolute Gasteiger partial charge is 0.790 e. The number of rotatable bonds is 8. The number of para-hydroxylation sites is 1. The van der Waals surface area contributed by atoms with Crippen molar-refractivity contribution < 1.29 is 97.5 Å². The Morgan fingerprint density at radius 1 is 1.10 bits per heavy atom. The van der Waals surface area contributed by atoms with Gasteiger partial charge in [-0.25, -0.2) is 0 Å². The Hall–Kier alpha value is -0.650. The largest absolute Gasteiger partial charge is 1.00 e. The number of methoxy groups -OCH3 is 2. The third kappa shape index (κ3) is 7.84. The van der Waals surface area contributed by atoms with Gasteiger partial charge in [-0.1, -0.05) is 18.2 Å². The number of nitro groups is 1. The topological polar surface area (TPSA) is 154 Å². The maximum atomic E-state index is 11.5. The Morgan fingerprint density at radius 2 is 1.66 bits per heavy atom. The number of phenols is 1. The molecule has 0 fully saturated rings. The molecule has 2 aromatic carbocycles. The van der Waals surface area contributed by atoms with E-state index < -0.39 is 24.5 Å². The van der Waals surface area contributed by atoms with Crippen LogP contribution in [0.15, 0.2) is 36.4 Å². The number of benzene rings is 2. The van der Waals surface area contributed by atoms with Crippen LogP contribution < -0.4 is 78.4 Å². The third-order valence-corrected chi connectivity index (χ3v) is 4.24. The fourth-order valence-corrected chi connectivity index (χ4v) is 3.04. The molecule has 29 heavy (non-hydrogen) atoms. The number of phosphoric ester groups is 1. The third-order valence-electron chi connectivity index (χ3n) is 3.73. The molecule has 146 valence electrons. The van der Waals surface area contributed by atoms with Crippen LogP contribution >= 0.6 is 7.82 Å². The molecular formula is C16H16NNa2O9P. The van der Waals surface area contributed by atoms with Gasteiger partial charge in [-0.15, -0.1) is 0 Å². The first-order valence-corrected chi connectivity index (χ1v) is 9.00. The van der Waals surface area contributed by atoms with E-state index in [-0.39, 0.29) is 93.9 Å². The number of ether oxygens (including phenoxy) is 2. The fourth-order valence-electron chi connectivity index (χ4n) is 2.54. The molecule has 1 N–H and O–H groups in total. The van der Waals surface area contributed by atoms with Crippen LogP contribution in [0.25, 0.3) is 0 Å². The zero-order valence-electron chi connectivity index (χ0n) is 16.4. The van der Waals surface area contributed by atoms with E-state index >= 15 is 0 Å². The summed E-state index contributed by atoms with van der Waals surface area (Å²) >= 11 is 0. The molecule has 0 spiro atoms. The fraction of sp³-hybridized carbons (Fsp3) is 0.250. The molecule has 10 nitrogen and oxygen atoms in total. The predicted octanol–water partition coefficient (Wildman–Crippen LogP) is -4.55. The van der Waals surface area contributed by atoms with Crippen LogP contribution in [-0.2, 0) is 15.5 Å². The van der Waals surface area contributed by atoms with Crippen LogP contribution in [0.1, 0.15) is 17.2 Å².